The van der Waals surface area contributed by atoms with Gasteiger partial charge in [0.25, 0.3) is 5.91 Å². The summed E-state index contributed by atoms with van der Waals surface area (Å²) in [5, 5.41) is 7.87. The molecule has 32 heavy (non-hydrogen) atoms. The van der Waals surface area contributed by atoms with E-state index >= 15 is 0 Å². The number of carbonyl (C=O) groups excluding carboxylic acids is 2. The molecule has 0 saturated heterocycles. The van der Waals surface area contributed by atoms with E-state index < -0.39 is 0 Å². The molecule has 0 heterocycles. The molecule has 0 spiro atoms. The maximum atomic E-state index is 13.2. The average molecular weight is 434 g/mol. The lowest BCUT2D eigenvalue weighted by Crippen LogP contribution is -2.35. The van der Waals surface area contributed by atoms with Crippen LogP contribution in [0.5, 0.6) is 5.75 Å². The van der Waals surface area contributed by atoms with Gasteiger partial charge in [-0.3, -0.25) is 9.59 Å². The fraction of sp³-hybridized carbons (Fsp3) is 0.308. The molecular weight excluding hydrogens is 402 g/mol. The number of carbonyl (C=O) groups is 2. The van der Waals surface area contributed by atoms with E-state index in [9.17, 15) is 9.59 Å². The Labute approximate surface area is 189 Å². The van der Waals surface area contributed by atoms with Gasteiger partial charge in [-0.2, -0.15) is 0 Å². The standard InChI is InChI=1S/C26H31N3O3/c1-17(2)25(30)28-23-15-20-9-7-6-8-19(20)14-22(23)26(31)27-16-24(29(3)4)18-10-12-21(32-5)13-11-18/h6-15,17,24H,16H2,1-5H3,(H,27,31)(H,28,30)/t24-/m0/s1. The smallest absolute Gasteiger partial charge is 0.253 e. The summed E-state index contributed by atoms with van der Waals surface area (Å²) in [6.07, 6.45) is 0. The molecular formula is C26H31N3O3. The third-order valence-corrected chi connectivity index (χ3v) is 5.49. The molecule has 2 N–H and O–H groups in total. The summed E-state index contributed by atoms with van der Waals surface area (Å²) < 4.78 is 5.24. The molecule has 0 aliphatic carbocycles. The summed E-state index contributed by atoms with van der Waals surface area (Å²) in [5.74, 6) is 0.247. The molecule has 0 saturated carbocycles. The van der Waals surface area contributed by atoms with Crippen molar-refractivity contribution in [3.8, 4) is 5.75 Å². The van der Waals surface area contributed by atoms with Gasteiger partial charge >= 0.3 is 0 Å². The molecule has 0 bridgehead atoms. The van der Waals surface area contributed by atoms with Crippen LogP contribution in [0.15, 0.2) is 60.7 Å². The van der Waals surface area contributed by atoms with E-state index in [1.807, 2.05) is 88.6 Å². The van der Waals surface area contributed by atoms with Gasteiger partial charge in [-0.15, -0.1) is 0 Å². The number of methoxy groups -OCH3 is 1. The summed E-state index contributed by atoms with van der Waals surface area (Å²) in [7, 11) is 5.59. The highest BCUT2D eigenvalue weighted by Crippen LogP contribution is 2.26. The van der Waals surface area contributed by atoms with E-state index in [0.29, 0.717) is 17.8 Å². The minimum Gasteiger partial charge on any atom is -0.497 e. The van der Waals surface area contributed by atoms with Crippen molar-refractivity contribution in [2.24, 2.45) is 5.92 Å². The lowest BCUT2D eigenvalue weighted by Gasteiger charge is -2.25. The van der Waals surface area contributed by atoms with E-state index in [2.05, 4.69) is 15.5 Å². The fourth-order valence-corrected chi connectivity index (χ4v) is 3.52. The van der Waals surface area contributed by atoms with Gasteiger partial charge in [0.2, 0.25) is 5.91 Å². The van der Waals surface area contributed by atoms with Crippen LogP contribution in [0, 0.1) is 5.92 Å². The zero-order valence-electron chi connectivity index (χ0n) is 19.3. The predicted molar refractivity (Wildman–Crippen MR) is 129 cm³/mol. The van der Waals surface area contributed by atoms with Crippen LogP contribution in [-0.4, -0.2) is 44.5 Å². The van der Waals surface area contributed by atoms with Gasteiger partial charge < -0.3 is 20.3 Å². The lowest BCUT2D eigenvalue weighted by molar-refractivity contribution is -0.118. The SMILES string of the molecule is COc1ccc([C@H](CNC(=O)c2cc3ccccc3cc2NC(=O)C(C)C)N(C)C)cc1. The summed E-state index contributed by atoms with van der Waals surface area (Å²) in [6, 6.07) is 19.3. The predicted octanol–water partition coefficient (Wildman–Crippen LogP) is 4.48. The Morgan fingerprint density at radius 2 is 1.59 bits per heavy atom. The van der Waals surface area contributed by atoms with E-state index in [4.69, 9.17) is 4.74 Å². The topological polar surface area (TPSA) is 70.7 Å². The van der Waals surface area contributed by atoms with Crippen molar-refractivity contribution in [3.63, 3.8) is 0 Å². The average Bonchev–Trinajstić information content (AvgIpc) is 2.78. The van der Waals surface area contributed by atoms with Crippen molar-refractivity contribution < 1.29 is 14.3 Å². The normalized spacial score (nSPS) is 12.1. The van der Waals surface area contributed by atoms with Gasteiger partial charge in [0, 0.05) is 12.5 Å². The molecule has 6 nitrogen and oxygen atoms in total. The van der Waals surface area contributed by atoms with E-state index in [0.717, 1.165) is 22.1 Å². The maximum absolute atomic E-state index is 13.2. The largest absolute Gasteiger partial charge is 0.497 e. The molecule has 2 amide bonds. The zero-order valence-corrected chi connectivity index (χ0v) is 19.3. The molecule has 168 valence electrons. The molecule has 0 radical (unpaired) electrons. The molecule has 0 aliphatic rings. The number of anilines is 1. The van der Waals surface area contributed by atoms with Crippen molar-refractivity contribution in [3.05, 3.63) is 71.8 Å². The molecule has 3 aromatic carbocycles. The Morgan fingerprint density at radius 3 is 2.16 bits per heavy atom. The molecule has 0 aromatic heterocycles. The zero-order chi connectivity index (χ0) is 23.3. The molecule has 0 fully saturated rings. The summed E-state index contributed by atoms with van der Waals surface area (Å²) in [6.45, 7) is 4.07. The molecule has 6 heteroatoms. The van der Waals surface area contributed by atoms with Crippen LogP contribution in [0.3, 0.4) is 0 Å². The molecule has 0 aliphatic heterocycles. The van der Waals surface area contributed by atoms with Gasteiger partial charge in [0.1, 0.15) is 5.75 Å². The number of rotatable bonds is 8. The first-order valence-electron chi connectivity index (χ1n) is 10.7. The van der Waals surface area contributed by atoms with Crippen molar-refractivity contribution in [1.82, 2.24) is 10.2 Å². The van der Waals surface area contributed by atoms with E-state index in [1.54, 1.807) is 7.11 Å². The Balaban J connectivity index is 1.86. The van der Waals surface area contributed by atoms with Gasteiger partial charge in [-0.25, -0.2) is 0 Å². The maximum Gasteiger partial charge on any atom is 0.253 e. The monoisotopic (exact) mass is 433 g/mol. The summed E-state index contributed by atoms with van der Waals surface area (Å²) >= 11 is 0. The van der Waals surface area contributed by atoms with Gasteiger partial charge in [0.15, 0.2) is 0 Å². The van der Waals surface area contributed by atoms with Crippen LogP contribution in [0.25, 0.3) is 10.8 Å². The van der Waals surface area contributed by atoms with E-state index in [-0.39, 0.29) is 23.8 Å². The Bertz CT molecular complexity index is 1090. The van der Waals surface area contributed by atoms with Gasteiger partial charge in [-0.05, 0) is 54.7 Å². The molecule has 3 rings (SSSR count). The first-order chi connectivity index (χ1) is 15.3. The minimum absolute atomic E-state index is 0.0148. The van der Waals surface area contributed by atoms with Crippen LogP contribution in [0.1, 0.15) is 35.8 Å². The molecule has 0 unspecified atom stereocenters. The first kappa shape index (κ1) is 23.3. The second kappa shape index (κ2) is 10.3. The lowest BCUT2D eigenvalue weighted by atomic mass is 10.0. The summed E-state index contributed by atoms with van der Waals surface area (Å²) in [5.41, 5.74) is 2.04. The number of hydrogen-bond donors (Lipinski definition) is 2. The first-order valence-corrected chi connectivity index (χ1v) is 10.7. The van der Waals surface area contributed by atoms with Crippen LogP contribution in [0.4, 0.5) is 5.69 Å². The van der Waals surface area contributed by atoms with Crippen molar-refractivity contribution in [2.45, 2.75) is 19.9 Å². The summed E-state index contributed by atoms with van der Waals surface area (Å²) in [4.78, 5) is 27.6. The van der Waals surface area contributed by atoms with Crippen LogP contribution >= 0.6 is 0 Å². The van der Waals surface area contributed by atoms with Gasteiger partial charge in [0.05, 0.1) is 24.4 Å². The number of likely N-dealkylation sites (N-methyl/N-ethyl adjacent to an activating group) is 1. The number of amides is 2. The fourth-order valence-electron chi connectivity index (χ4n) is 3.52. The second-order valence-corrected chi connectivity index (χ2v) is 8.35. The van der Waals surface area contributed by atoms with Crippen molar-refractivity contribution in [2.75, 3.05) is 33.1 Å². The third kappa shape index (κ3) is 5.45. The van der Waals surface area contributed by atoms with Crippen molar-refractivity contribution >= 4 is 28.3 Å². The second-order valence-electron chi connectivity index (χ2n) is 8.35. The Hall–Kier alpha value is -3.38. The molecule has 1 atom stereocenters. The number of ether oxygens (including phenoxy) is 1. The third-order valence-electron chi connectivity index (χ3n) is 5.49. The van der Waals surface area contributed by atoms with Crippen LogP contribution < -0.4 is 15.4 Å². The van der Waals surface area contributed by atoms with Crippen LogP contribution in [-0.2, 0) is 4.79 Å². The number of benzene rings is 3. The number of nitrogens with one attached hydrogen (secondary N) is 2. The van der Waals surface area contributed by atoms with Crippen LogP contribution in [0.2, 0.25) is 0 Å². The highest BCUT2D eigenvalue weighted by atomic mass is 16.5. The number of hydrogen-bond acceptors (Lipinski definition) is 4. The Kier molecular flexibility index (Phi) is 7.49. The highest BCUT2D eigenvalue weighted by molar-refractivity contribution is 6.08. The van der Waals surface area contributed by atoms with Gasteiger partial charge in [-0.1, -0.05) is 50.2 Å². The molecule has 3 aromatic rings. The van der Waals surface area contributed by atoms with Crippen molar-refractivity contribution in [1.29, 1.82) is 0 Å². The number of fused-ring (bicyclic) bond motifs is 1. The highest BCUT2D eigenvalue weighted by Gasteiger charge is 2.19. The van der Waals surface area contributed by atoms with E-state index in [1.165, 1.54) is 0 Å². The number of nitrogens with zero attached hydrogens (tertiary/aromatic N) is 1. The quantitative estimate of drug-likeness (QED) is 0.550. The minimum atomic E-state index is -0.227. The Morgan fingerprint density at radius 1 is 0.969 bits per heavy atom.